The molecule has 1 amide bonds. The Bertz CT molecular complexity index is 750. The van der Waals surface area contributed by atoms with E-state index in [1.807, 2.05) is 0 Å². The zero-order chi connectivity index (χ0) is 16.7. The largest absolute Gasteiger partial charge is 0.378 e. The van der Waals surface area contributed by atoms with Gasteiger partial charge in [-0.05, 0) is 34.8 Å². The van der Waals surface area contributed by atoms with E-state index in [4.69, 9.17) is 15.8 Å². The lowest BCUT2D eigenvalue weighted by atomic mass is 9.99. The molecule has 10 heteroatoms. The Morgan fingerprint density at radius 3 is 2.87 bits per heavy atom. The summed E-state index contributed by atoms with van der Waals surface area (Å²) in [7, 11) is 0. The number of hydrogen-bond donors (Lipinski definition) is 1. The molecule has 0 bridgehead atoms. The molecule has 1 aliphatic rings. The lowest BCUT2D eigenvalue weighted by Crippen LogP contribution is -2.47. The maximum atomic E-state index is 12.4. The van der Waals surface area contributed by atoms with Crippen LogP contribution in [0.2, 0.25) is 0 Å². The molecule has 0 aliphatic carbocycles. The van der Waals surface area contributed by atoms with Crippen molar-refractivity contribution in [1.29, 1.82) is 5.26 Å². The molecular formula is C13H12N8O2. The summed E-state index contributed by atoms with van der Waals surface area (Å²) in [5.74, 6) is -0.491. The van der Waals surface area contributed by atoms with E-state index in [-0.39, 0.29) is 24.4 Å². The molecule has 23 heavy (non-hydrogen) atoms. The van der Waals surface area contributed by atoms with Gasteiger partial charge in [0.2, 0.25) is 0 Å². The second-order valence-electron chi connectivity index (χ2n) is 4.92. The Hall–Kier alpha value is -3.24. The number of rotatable bonds is 5. The lowest BCUT2D eigenvalue weighted by Gasteiger charge is -2.20. The Labute approximate surface area is 130 Å². The summed E-state index contributed by atoms with van der Waals surface area (Å²) < 4.78 is 5.17. The van der Waals surface area contributed by atoms with Crippen LogP contribution in [-0.2, 0) is 11.3 Å². The number of ether oxygens (including phenoxy) is 1. The summed E-state index contributed by atoms with van der Waals surface area (Å²) >= 11 is 0. The number of carbonyl (C=O) groups is 1. The first-order chi connectivity index (χ1) is 11.1. The fraction of sp³-hybridized carbons (Fsp3) is 0.385. The van der Waals surface area contributed by atoms with Gasteiger partial charge in [0, 0.05) is 27.5 Å². The molecule has 1 atom stereocenters. The summed E-state index contributed by atoms with van der Waals surface area (Å²) in [6.45, 7) is 0.531. The Morgan fingerprint density at radius 2 is 2.26 bits per heavy atom. The minimum absolute atomic E-state index is 0.0120. The van der Waals surface area contributed by atoms with Crippen molar-refractivity contribution in [3.8, 4) is 6.07 Å². The van der Waals surface area contributed by atoms with Gasteiger partial charge in [-0.15, -0.1) is 0 Å². The number of nitrogens with zero attached hydrogens (tertiary/aromatic N) is 7. The Kier molecular flexibility index (Phi) is 5.02. The summed E-state index contributed by atoms with van der Waals surface area (Å²) in [5, 5.41) is 18.8. The molecule has 1 fully saturated rings. The predicted molar refractivity (Wildman–Crippen MR) is 79.3 cm³/mol. The van der Waals surface area contributed by atoms with Gasteiger partial charge >= 0.3 is 0 Å². The quantitative estimate of drug-likeness (QED) is 0.503. The number of carbonyl (C=O) groups excluding carboxylic acids is 1. The van der Waals surface area contributed by atoms with Crippen LogP contribution in [0.25, 0.3) is 20.9 Å². The highest BCUT2D eigenvalue weighted by Gasteiger charge is 2.36. The Morgan fingerprint density at radius 1 is 1.43 bits per heavy atom. The van der Waals surface area contributed by atoms with Gasteiger partial charge in [0.25, 0.3) is 5.91 Å². The zero-order valence-corrected chi connectivity index (χ0v) is 12.0. The van der Waals surface area contributed by atoms with Crippen LogP contribution in [0.4, 0.5) is 5.69 Å². The highest BCUT2D eigenvalue weighted by Crippen LogP contribution is 2.22. The van der Waals surface area contributed by atoms with E-state index in [0.717, 1.165) is 0 Å². The number of benzene rings is 1. The number of amides is 1. The third-order valence-corrected chi connectivity index (χ3v) is 3.30. The molecule has 0 saturated carbocycles. The molecule has 1 unspecified atom stereocenters. The first kappa shape index (κ1) is 16.1. The molecule has 1 heterocycles. The van der Waals surface area contributed by atoms with Gasteiger partial charge in [-0.3, -0.25) is 4.79 Å². The minimum atomic E-state index is -1.06. The number of azide groups is 2. The van der Waals surface area contributed by atoms with Crippen LogP contribution in [0.5, 0.6) is 0 Å². The van der Waals surface area contributed by atoms with E-state index in [9.17, 15) is 10.1 Å². The van der Waals surface area contributed by atoms with E-state index in [0.29, 0.717) is 18.6 Å². The number of nitrogens with one attached hydrogen (secondary N) is 1. The molecular weight excluding hydrogens is 300 g/mol. The van der Waals surface area contributed by atoms with Crippen molar-refractivity contribution >= 4 is 11.6 Å². The summed E-state index contributed by atoms with van der Waals surface area (Å²) in [6, 6.07) is 6.49. The van der Waals surface area contributed by atoms with Crippen molar-refractivity contribution in [1.82, 2.24) is 5.32 Å². The molecule has 1 aromatic rings. The van der Waals surface area contributed by atoms with Gasteiger partial charge in [-0.25, -0.2) is 0 Å². The van der Waals surface area contributed by atoms with E-state index in [1.165, 1.54) is 18.2 Å². The number of nitriles is 1. The second-order valence-corrected chi connectivity index (χ2v) is 4.92. The van der Waals surface area contributed by atoms with Crippen molar-refractivity contribution in [2.75, 3.05) is 13.2 Å². The van der Waals surface area contributed by atoms with Crippen LogP contribution in [0.1, 0.15) is 22.3 Å². The third kappa shape index (κ3) is 3.90. The number of hydrogen-bond acceptors (Lipinski definition) is 5. The maximum Gasteiger partial charge on any atom is 0.252 e. The van der Waals surface area contributed by atoms with Crippen molar-refractivity contribution in [2.24, 2.45) is 10.2 Å². The SMILES string of the molecule is N#CC1(NC(=O)c2cc(CN=[N+]=[N-])cc(N=[N+]=[N-])c2)CCOC1. The fourth-order valence-electron chi connectivity index (χ4n) is 2.19. The molecule has 2 rings (SSSR count). The summed E-state index contributed by atoms with van der Waals surface area (Å²) in [5.41, 5.74) is 16.8. The van der Waals surface area contributed by atoms with Crippen LogP contribution in [0, 0.1) is 11.3 Å². The van der Waals surface area contributed by atoms with Gasteiger partial charge < -0.3 is 10.1 Å². The van der Waals surface area contributed by atoms with E-state index >= 15 is 0 Å². The first-order valence-corrected chi connectivity index (χ1v) is 6.64. The zero-order valence-electron chi connectivity index (χ0n) is 12.0. The third-order valence-electron chi connectivity index (χ3n) is 3.30. The maximum absolute atomic E-state index is 12.4. The van der Waals surface area contributed by atoms with Gasteiger partial charge in [-0.2, -0.15) is 5.26 Å². The molecule has 0 spiro atoms. The van der Waals surface area contributed by atoms with E-state index in [2.05, 4.69) is 31.4 Å². The molecule has 1 N–H and O–H groups in total. The standard InChI is InChI=1S/C13H12N8O2/c14-7-13(1-2-23-8-13)18-12(22)10-3-9(6-17-20-15)4-11(5-10)19-21-16/h3-5H,1-2,6,8H2,(H,18,22). The van der Waals surface area contributed by atoms with E-state index in [1.54, 1.807) is 0 Å². The topological polar surface area (TPSA) is 160 Å². The van der Waals surface area contributed by atoms with E-state index < -0.39 is 11.4 Å². The van der Waals surface area contributed by atoms with Crippen LogP contribution in [0.15, 0.2) is 28.4 Å². The normalized spacial score (nSPS) is 19.1. The minimum Gasteiger partial charge on any atom is -0.378 e. The molecule has 116 valence electrons. The van der Waals surface area contributed by atoms with Gasteiger partial charge in [0.05, 0.1) is 25.8 Å². The average Bonchev–Trinajstić information content (AvgIpc) is 3.02. The summed E-state index contributed by atoms with van der Waals surface area (Å²) in [4.78, 5) is 17.7. The van der Waals surface area contributed by atoms with Gasteiger partial charge in [0.15, 0.2) is 5.54 Å². The van der Waals surface area contributed by atoms with Gasteiger partial charge in [0.1, 0.15) is 0 Å². The van der Waals surface area contributed by atoms with Crippen LogP contribution >= 0.6 is 0 Å². The molecule has 10 nitrogen and oxygen atoms in total. The molecule has 0 radical (unpaired) electrons. The van der Waals surface area contributed by atoms with Gasteiger partial charge in [-0.1, -0.05) is 10.2 Å². The molecule has 0 aromatic heterocycles. The van der Waals surface area contributed by atoms with Crippen molar-refractivity contribution in [3.05, 3.63) is 50.2 Å². The van der Waals surface area contributed by atoms with Crippen molar-refractivity contribution < 1.29 is 9.53 Å². The predicted octanol–water partition coefficient (Wildman–Crippen LogP) is 2.85. The molecule has 1 saturated heterocycles. The summed E-state index contributed by atoms with van der Waals surface area (Å²) in [6.07, 6.45) is 0.400. The average molecular weight is 312 g/mol. The molecule has 1 aromatic carbocycles. The molecule has 1 aliphatic heterocycles. The monoisotopic (exact) mass is 312 g/mol. The highest BCUT2D eigenvalue weighted by molar-refractivity contribution is 5.96. The first-order valence-electron chi connectivity index (χ1n) is 6.64. The lowest BCUT2D eigenvalue weighted by molar-refractivity contribution is 0.0907. The van der Waals surface area contributed by atoms with Crippen molar-refractivity contribution in [2.45, 2.75) is 18.5 Å². The van der Waals surface area contributed by atoms with Crippen molar-refractivity contribution in [3.63, 3.8) is 0 Å². The van der Waals surface area contributed by atoms with Crippen LogP contribution in [0.3, 0.4) is 0 Å². The fourth-order valence-corrected chi connectivity index (χ4v) is 2.19. The highest BCUT2D eigenvalue weighted by atomic mass is 16.5. The van der Waals surface area contributed by atoms with Crippen LogP contribution < -0.4 is 5.32 Å². The van der Waals surface area contributed by atoms with Crippen LogP contribution in [-0.4, -0.2) is 24.7 Å². The second kappa shape index (κ2) is 7.15. The Balaban J connectivity index is 2.31. The smallest absolute Gasteiger partial charge is 0.252 e.